The summed E-state index contributed by atoms with van der Waals surface area (Å²) < 4.78 is 0. The van der Waals surface area contributed by atoms with E-state index in [1.165, 1.54) is 17.0 Å². The lowest BCUT2D eigenvalue weighted by Gasteiger charge is -2.27. The molecule has 140 valence electrons. The summed E-state index contributed by atoms with van der Waals surface area (Å²) in [5.41, 5.74) is 1.56. The van der Waals surface area contributed by atoms with E-state index < -0.39 is 17.7 Å². The van der Waals surface area contributed by atoms with Crippen LogP contribution in [0.2, 0.25) is 0 Å². The minimum atomic E-state index is -0.704. The zero-order chi connectivity index (χ0) is 19.6. The number of aromatic nitrogens is 1. The molecule has 0 spiro atoms. The summed E-state index contributed by atoms with van der Waals surface area (Å²) in [6, 6.07) is 9.21. The number of carbonyl (C=O) groups excluding carboxylic acids is 2. The smallest absolute Gasteiger partial charge is 0.290 e. The number of benzene rings is 1. The number of nitrogens with zero attached hydrogens (tertiary/aromatic N) is 2. The van der Waals surface area contributed by atoms with Gasteiger partial charge < -0.3 is 15.1 Å². The molecule has 0 saturated heterocycles. The Hall–Kier alpha value is -3.15. The lowest BCUT2D eigenvalue weighted by atomic mass is 9.92. The van der Waals surface area contributed by atoms with Gasteiger partial charge in [0.15, 0.2) is 11.5 Å². The summed E-state index contributed by atoms with van der Waals surface area (Å²) >= 11 is 0. The molecule has 1 aliphatic heterocycles. The maximum atomic E-state index is 12.8. The number of rotatable bonds is 6. The predicted octanol–water partition coefficient (Wildman–Crippen LogP) is 3.30. The summed E-state index contributed by atoms with van der Waals surface area (Å²) in [6.07, 6.45) is 3.52. The second-order valence-electron chi connectivity index (χ2n) is 7.07. The van der Waals surface area contributed by atoms with Gasteiger partial charge in [-0.2, -0.15) is 0 Å². The quantitative estimate of drug-likeness (QED) is 0.819. The lowest BCUT2D eigenvalue weighted by molar-refractivity contribution is -0.130. The molecule has 1 aliphatic rings. The van der Waals surface area contributed by atoms with E-state index in [0.29, 0.717) is 5.56 Å². The van der Waals surface area contributed by atoms with Crippen LogP contribution in [0.1, 0.15) is 37.4 Å². The molecule has 1 unspecified atom stereocenters. The number of phenolic OH excluding ortho intramolecular Hbond substituents is 1. The van der Waals surface area contributed by atoms with Crippen molar-refractivity contribution in [3.8, 4) is 5.75 Å². The first-order chi connectivity index (χ1) is 12.9. The van der Waals surface area contributed by atoms with Crippen LogP contribution in [0.3, 0.4) is 0 Å². The van der Waals surface area contributed by atoms with E-state index in [1.807, 2.05) is 19.9 Å². The molecule has 2 aromatic rings. The molecule has 0 radical (unpaired) electrons. The fourth-order valence-electron chi connectivity index (χ4n) is 3.27. The van der Waals surface area contributed by atoms with Gasteiger partial charge in [-0.25, -0.2) is 0 Å². The van der Waals surface area contributed by atoms with Crippen LogP contribution in [0, 0.1) is 5.92 Å². The number of phenols is 1. The van der Waals surface area contributed by atoms with Crippen LogP contribution in [0.4, 0.5) is 0 Å². The second-order valence-corrected chi connectivity index (χ2v) is 7.07. The van der Waals surface area contributed by atoms with E-state index >= 15 is 0 Å². The van der Waals surface area contributed by atoms with Crippen molar-refractivity contribution in [1.82, 2.24) is 9.88 Å². The third-order valence-electron chi connectivity index (χ3n) is 4.48. The highest BCUT2D eigenvalue weighted by Gasteiger charge is 2.43. The van der Waals surface area contributed by atoms with Gasteiger partial charge in [0.1, 0.15) is 5.75 Å². The van der Waals surface area contributed by atoms with Crippen molar-refractivity contribution in [3.63, 3.8) is 0 Å². The SMILES string of the molecule is CC(C)CC(=O)C1=C(O)C(=O)N(Cc2cccnc2)C1c1ccc(O)cc1. The fraction of sp³-hybridized carbons (Fsp3) is 0.286. The van der Waals surface area contributed by atoms with Crippen molar-refractivity contribution in [2.75, 3.05) is 0 Å². The largest absolute Gasteiger partial charge is 0.508 e. The van der Waals surface area contributed by atoms with Crippen LogP contribution >= 0.6 is 0 Å². The van der Waals surface area contributed by atoms with Gasteiger partial charge in [-0.3, -0.25) is 14.6 Å². The van der Waals surface area contributed by atoms with Crippen molar-refractivity contribution < 1.29 is 19.8 Å². The number of hydrogen-bond donors (Lipinski definition) is 2. The summed E-state index contributed by atoms with van der Waals surface area (Å²) in [5.74, 6) is -1.14. The molecule has 0 saturated carbocycles. The molecule has 2 heterocycles. The Labute approximate surface area is 157 Å². The number of Topliss-reactive ketones (excluding diaryl/α,β-unsaturated/α-hetero) is 1. The van der Waals surface area contributed by atoms with Crippen LogP contribution < -0.4 is 0 Å². The summed E-state index contributed by atoms with van der Waals surface area (Å²) in [4.78, 5) is 31.1. The molecule has 6 nitrogen and oxygen atoms in total. The highest BCUT2D eigenvalue weighted by Crippen LogP contribution is 2.39. The first-order valence-corrected chi connectivity index (χ1v) is 8.83. The monoisotopic (exact) mass is 366 g/mol. The third kappa shape index (κ3) is 3.84. The average molecular weight is 366 g/mol. The van der Waals surface area contributed by atoms with Crippen molar-refractivity contribution in [2.45, 2.75) is 32.9 Å². The van der Waals surface area contributed by atoms with Gasteiger partial charge in [0.2, 0.25) is 0 Å². The Bertz CT molecular complexity index is 873. The molecular weight excluding hydrogens is 344 g/mol. The summed E-state index contributed by atoms with van der Waals surface area (Å²) in [5, 5.41) is 20.1. The van der Waals surface area contributed by atoms with E-state index in [4.69, 9.17) is 0 Å². The van der Waals surface area contributed by atoms with Crippen LogP contribution in [0.25, 0.3) is 0 Å². The molecule has 1 aromatic carbocycles. The third-order valence-corrected chi connectivity index (χ3v) is 4.48. The normalized spacial score (nSPS) is 17.1. The Balaban J connectivity index is 2.03. The molecule has 2 N–H and O–H groups in total. The number of ketones is 1. The van der Waals surface area contributed by atoms with E-state index in [-0.39, 0.29) is 36.0 Å². The molecule has 0 bridgehead atoms. The van der Waals surface area contributed by atoms with Crippen LogP contribution in [-0.4, -0.2) is 31.8 Å². The fourth-order valence-corrected chi connectivity index (χ4v) is 3.27. The average Bonchev–Trinajstić information content (AvgIpc) is 2.88. The molecule has 1 aromatic heterocycles. The Morgan fingerprint density at radius 1 is 1.19 bits per heavy atom. The van der Waals surface area contributed by atoms with Crippen molar-refractivity contribution in [1.29, 1.82) is 0 Å². The predicted molar refractivity (Wildman–Crippen MR) is 99.8 cm³/mol. The number of aliphatic hydroxyl groups is 1. The number of aliphatic hydroxyl groups excluding tert-OH is 1. The molecule has 3 rings (SSSR count). The Morgan fingerprint density at radius 3 is 2.48 bits per heavy atom. The van der Waals surface area contributed by atoms with Gasteiger partial charge >= 0.3 is 0 Å². The lowest BCUT2D eigenvalue weighted by Crippen LogP contribution is -2.30. The first kappa shape index (κ1) is 18.6. The van der Waals surface area contributed by atoms with Crippen LogP contribution in [0.15, 0.2) is 60.1 Å². The molecule has 0 fully saturated rings. The molecule has 1 amide bonds. The van der Waals surface area contributed by atoms with Crippen molar-refractivity contribution in [3.05, 3.63) is 71.3 Å². The van der Waals surface area contributed by atoms with Gasteiger partial charge in [0, 0.05) is 25.4 Å². The van der Waals surface area contributed by atoms with E-state index in [9.17, 15) is 19.8 Å². The number of pyridine rings is 1. The molecule has 6 heteroatoms. The van der Waals surface area contributed by atoms with E-state index in [1.54, 1.807) is 30.6 Å². The number of aromatic hydroxyl groups is 1. The highest BCUT2D eigenvalue weighted by molar-refractivity contribution is 6.09. The van der Waals surface area contributed by atoms with E-state index in [0.717, 1.165) is 5.56 Å². The molecule has 27 heavy (non-hydrogen) atoms. The molecule has 0 aliphatic carbocycles. The standard InChI is InChI=1S/C21H22N2O4/c1-13(2)10-17(25)18-19(15-5-7-16(24)8-6-15)23(21(27)20(18)26)12-14-4-3-9-22-11-14/h3-9,11,13,19,24,26H,10,12H2,1-2H3. The van der Waals surface area contributed by atoms with Crippen LogP contribution in [-0.2, 0) is 16.1 Å². The van der Waals surface area contributed by atoms with Gasteiger partial charge in [-0.05, 0) is 35.2 Å². The van der Waals surface area contributed by atoms with Gasteiger partial charge in [-0.15, -0.1) is 0 Å². The number of hydrogen-bond acceptors (Lipinski definition) is 5. The zero-order valence-corrected chi connectivity index (χ0v) is 15.3. The van der Waals surface area contributed by atoms with Gasteiger partial charge in [0.05, 0.1) is 11.6 Å². The Kier molecular flexibility index (Phi) is 5.26. The molecular formula is C21H22N2O4. The first-order valence-electron chi connectivity index (χ1n) is 8.83. The van der Waals surface area contributed by atoms with Crippen molar-refractivity contribution in [2.24, 2.45) is 5.92 Å². The number of carbonyl (C=O) groups is 2. The van der Waals surface area contributed by atoms with Gasteiger partial charge in [0.25, 0.3) is 5.91 Å². The summed E-state index contributed by atoms with van der Waals surface area (Å²) in [6.45, 7) is 4.03. The summed E-state index contributed by atoms with van der Waals surface area (Å²) in [7, 11) is 0. The Morgan fingerprint density at radius 2 is 1.89 bits per heavy atom. The minimum Gasteiger partial charge on any atom is -0.508 e. The minimum absolute atomic E-state index is 0.0881. The number of amides is 1. The van der Waals surface area contributed by atoms with E-state index in [2.05, 4.69) is 4.98 Å². The highest BCUT2D eigenvalue weighted by atomic mass is 16.3. The second kappa shape index (κ2) is 7.61. The molecule has 1 atom stereocenters. The van der Waals surface area contributed by atoms with Gasteiger partial charge in [-0.1, -0.05) is 32.0 Å². The zero-order valence-electron chi connectivity index (χ0n) is 15.3. The van der Waals surface area contributed by atoms with Crippen LogP contribution in [0.5, 0.6) is 5.75 Å². The topological polar surface area (TPSA) is 90.7 Å². The maximum absolute atomic E-state index is 12.8. The van der Waals surface area contributed by atoms with Crippen molar-refractivity contribution >= 4 is 11.7 Å². The maximum Gasteiger partial charge on any atom is 0.290 e.